The van der Waals surface area contributed by atoms with Gasteiger partial charge in [-0.2, -0.15) is 0 Å². The van der Waals surface area contributed by atoms with Crippen molar-refractivity contribution in [2.75, 3.05) is 7.11 Å². The first-order valence-corrected chi connectivity index (χ1v) is 5.54. The first kappa shape index (κ1) is 11.7. The SMILES string of the molecule is COC(C(=O)C(C)(C)C)C1CCCC1. The third kappa shape index (κ3) is 2.57. The fourth-order valence-electron chi connectivity index (χ4n) is 2.20. The highest BCUT2D eigenvalue weighted by atomic mass is 16.5. The summed E-state index contributed by atoms with van der Waals surface area (Å²) in [6, 6.07) is 0. The number of rotatable bonds is 3. The lowest BCUT2D eigenvalue weighted by Crippen LogP contribution is -2.38. The molecule has 1 aliphatic rings. The Kier molecular flexibility index (Phi) is 3.71. The highest BCUT2D eigenvalue weighted by Crippen LogP contribution is 2.32. The van der Waals surface area contributed by atoms with E-state index in [1.165, 1.54) is 12.8 Å². The van der Waals surface area contributed by atoms with Crippen molar-refractivity contribution in [3.05, 3.63) is 0 Å². The minimum absolute atomic E-state index is 0.169. The summed E-state index contributed by atoms with van der Waals surface area (Å²) < 4.78 is 5.37. The molecule has 0 bridgehead atoms. The van der Waals surface area contributed by atoms with Crippen LogP contribution in [0.2, 0.25) is 0 Å². The third-order valence-corrected chi connectivity index (χ3v) is 3.08. The lowest BCUT2D eigenvalue weighted by atomic mass is 9.82. The molecule has 0 heterocycles. The average Bonchev–Trinajstić information content (AvgIpc) is 2.57. The predicted molar refractivity (Wildman–Crippen MR) is 57.2 cm³/mol. The number of Topliss-reactive ketones (excluding diaryl/α,β-unsaturated/α-hetero) is 1. The van der Waals surface area contributed by atoms with E-state index < -0.39 is 0 Å². The molecule has 0 N–H and O–H groups in total. The van der Waals surface area contributed by atoms with Gasteiger partial charge in [0.2, 0.25) is 0 Å². The maximum absolute atomic E-state index is 12.1. The number of hydrogen-bond donors (Lipinski definition) is 0. The maximum atomic E-state index is 12.1. The summed E-state index contributed by atoms with van der Waals surface area (Å²) in [6.45, 7) is 5.91. The van der Waals surface area contributed by atoms with Crippen molar-refractivity contribution in [2.24, 2.45) is 11.3 Å². The van der Waals surface area contributed by atoms with Crippen molar-refractivity contribution in [1.29, 1.82) is 0 Å². The highest BCUT2D eigenvalue weighted by molar-refractivity contribution is 5.88. The van der Waals surface area contributed by atoms with Crippen LogP contribution >= 0.6 is 0 Å². The number of hydrogen-bond acceptors (Lipinski definition) is 2. The van der Waals surface area contributed by atoms with Gasteiger partial charge in [0.1, 0.15) is 6.10 Å². The molecule has 0 spiro atoms. The van der Waals surface area contributed by atoms with E-state index in [0.29, 0.717) is 5.92 Å². The van der Waals surface area contributed by atoms with Gasteiger partial charge in [0.15, 0.2) is 5.78 Å². The van der Waals surface area contributed by atoms with E-state index in [1.54, 1.807) is 7.11 Å². The van der Waals surface area contributed by atoms with Gasteiger partial charge in [-0.1, -0.05) is 33.6 Å². The quantitative estimate of drug-likeness (QED) is 0.697. The fraction of sp³-hybridized carbons (Fsp3) is 0.917. The second-order valence-corrected chi connectivity index (χ2v) is 5.32. The van der Waals surface area contributed by atoms with Crippen LogP contribution in [0.3, 0.4) is 0 Å². The van der Waals surface area contributed by atoms with E-state index in [2.05, 4.69) is 0 Å². The summed E-state index contributed by atoms with van der Waals surface area (Å²) in [5.41, 5.74) is -0.275. The highest BCUT2D eigenvalue weighted by Gasteiger charge is 2.36. The monoisotopic (exact) mass is 198 g/mol. The van der Waals surface area contributed by atoms with Gasteiger partial charge in [0.05, 0.1) is 0 Å². The van der Waals surface area contributed by atoms with Gasteiger partial charge >= 0.3 is 0 Å². The van der Waals surface area contributed by atoms with Crippen molar-refractivity contribution in [2.45, 2.75) is 52.6 Å². The molecule has 0 aliphatic heterocycles. The van der Waals surface area contributed by atoms with E-state index in [0.717, 1.165) is 12.8 Å². The Morgan fingerprint density at radius 1 is 1.29 bits per heavy atom. The Bertz CT molecular complexity index is 197. The Labute approximate surface area is 87.0 Å². The Hall–Kier alpha value is -0.370. The fourth-order valence-corrected chi connectivity index (χ4v) is 2.20. The molecule has 1 fully saturated rings. The third-order valence-electron chi connectivity index (χ3n) is 3.08. The smallest absolute Gasteiger partial charge is 0.167 e. The van der Waals surface area contributed by atoms with Gasteiger partial charge < -0.3 is 4.74 Å². The summed E-state index contributed by atoms with van der Waals surface area (Å²) >= 11 is 0. The molecule has 1 atom stereocenters. The van der Waals surface area contributed by atoms with E-state index in [4.69, 9.17) is 4.74 Å². The summed E-state index contributed by atoms with van der Waals surface area (Å²) in [5.74, 6) is 0.721. The van der Waals surface area contributed by atoms with Gasteiger partial charge in [-0.05, 0) is 18.8 Å². The normalized spacial score (nSPS) is 21.1. The van der Waals surface area contributed by atoms with Crippen molar-refractivity contribution in [3.63, 3.8) is 0 Å². The molecule has 0 aromatic rings. The van der Waals surface area contributed by atoms with Crippen LogP contribution in [0.5, 0.6) is 0 Å². The van der Waals surface area contributed by atoms with Crippen LogP contribution < -0.4 is 0 Å². The summed E-state index contributed by atoms with van der Waals surface area (Å²) in [6.07, 6.45) is 4.64. The summed E-state index contributed by atoms with van der Waals surface area (Å²) in [7, 11) is 1.66. The number of carbonyl (C=O) groups is 1. The van der Waals surface area contributed by atoms with Crippen molar-refractivity contribution < 1.29 is 9.53 Å². The van der Waals surface area contributed by atoms with Crippen LogP contribution in [0.15, 0.2) is 0 Å². The zero-order chi connectivity index (χ0) is 10.8. The van der Waals surface area contributed by atoms with Crippen LogP contribution in [-0.4, -0.2) is 19.0 Å². The molecule has 0 saturated heterocycles. The first-order valence-electron chi connectivity index (χ1n) is 5.54. The predicted octanol–water partition coefficient (Wildman–Crippen LogP) is 2.81. The average molecular weight is 198 g/mol. The van der Waals surface area contributed by atoms with Gasteiger partial charge in [-0.15, -0.1) is 0 Å². The van der Waals surface area contributed by atoms with E-state index >= 15 is 0 Å². The van der Waals surface area contributed by atoms with Gasteiger partial charge in [0.25, 0.3) is 0 Å². The number of methoxy groups -OCH3 is 1. The second-order valence-electron chi connectivity index (χ2n) is 5.32. The molecule has 0 aromatic heterocycles. The molecule has 1 unspecified atom stereocenters. The van der Waals surface area contributed by atoms with Crippen molar-refractivity contribution in [1.82, 2.24) is 0 Å². The molecule has 0 radical (unpaired) electrons. The van der Waals surface area contributed by atoms with Gasteiger partial charge in [0, 0.05) is 12.5 Å². The molecule has 0 aromatic carbocycles. The zero-order valence-corrected chi connectivity index (χ0v) is 9.80. The summed E-state index contributed by atoms with van der Waals surface area (Å²) in [4.78, 5) is 12.1. The molecule has 2 nitrogen and oxygen atoms in total. The van der Waals surface area contributed by atoms with Crippen LogP contribution in [0.1, 0.15) is 46.5 Å². The molecule has 0 amide bonds. The van der Waals surface area contributed by atoms with Crippen LogP contribution in [-0.2, 0) is 9.53 Å². The zero-order valence-electron chi connectivity index (χ0n) is 9.80. The largest absolute Gasteiger partial charge is 0.373 e. The van der Waals surface area contributed by atoms with Gasteiger partial charge in [-0.25, -0.2) is 0 Å². The molecule has 2 heteroatoms. The van der Waals surface area contributed by atoms with E-state index in [9.17, 15) is 4.79 Å². The number of ketones is 1. The van der Waals surface area contributed by atoms with Crippen molar-refractivity contribution in [3.8, 4) is 0 Å². The van der Waals surface area contributed by atoms with Crippen LogP contribution in [0, 0.1) is 11.3 Å². The molecule has 1 saturated carbocycles. The molecule has 1 rings (SSSR count). The minimum atomic E-state index is -0.275. The molecular formula is C12H22O2. The minimum Gasteiger partial charge on any atom is -0.373 e. The van der Waals surface area contributed by atoms with E-state index in [1.807, 2.05) is 20.8 Å². The molecule has 82 valence electrons. The van der Waals surface area contributed by atoms with Crippen LogP contribution in [0.25, 0.3) is 0 Å². The number of ether oxygens (including phenoxy) is 1. The molecule has 1 aliphatic carbocycles. The molecular weight excluding hydrogens is 176 g/mol. The Morgan fingerprint density at radius 2 is 1.79 bits per heavy atom. The summed E-state index contributed by atoms with van der Waals surface area (Å²) in [5, 5.41) is 0. The molecule has 14 heavy (non-hydrogen) atoms. The Morgan fingerprint density at radius 3 is 2.14 bits per heavy atom. The van der Waals surface area contributed by atoms with E-state index in [-0.39, 0.29) is 17.3 Å². The maximum Gasteiger partial charge on any atom is 0.167 e. The lowest BCUT2D eigenvalue weighted by molar-refractivity contribution is -0.139. The number of carbonyl (C=O) groups excluding carboxylic acids is 1. The van der Waals surface area contributed by atoms with Gasteiger partial charge in [-0.3, -0.25) is 4.79 Å². The standard InChI is InChI=1S/C12H22O2/c1-12(2,3)11(13)10(14-4)9-7-5-6-8-9/h9-10H,5-8H2,1-4H3. The first-order chi connectivity index (χ1) is 6.46. The Balaban J connectivity index is 2.65. The van der Waals surface area contributed by atoms with Crippen molar-refractivity contribution >= 4 is 5.78 Å². The topological polar surface area (TPSA) is 26.3 Å². The van der Waals surface area contributed by atoms with Crippen LogP contribution in [0.4, 0.5) is 0 Å². The lowest BCUT2D eigenvalue weighted by Gasteiger charge is -2.27. The second kappa shape index (κ2) is 4.43.